The molecular weight excluding hydrogens is 282 g/mol. The highest BCUT2D eigenvalue weighted by molar-refractivity contribution is 6.31. The van der Waals surface area contributed by atoms with E-state index in [2.05, 4.69) is 0 Å². The van der Waals surface area contributed by atoms with Crippen molar-refractivity contribution in [2.24, 2.45) is 0 Å². The molecule has 2 aromatic rings. The van der Waals surface area contributed by atoms with Crippen LogP contribution in [0.4, 0.5) is 0 Å². The third-order valence-corrected chi connectivity index (χ3v) is 2.92. The molecule has 0 bridgehead atoms. The second kappa shape index (κ2) is 6.22. The molecule has 0 aliphatic rings. The van der Waals surface area contributed by atoms with Crippen molar-refractivity contribution in [3.05, 3.63) is 57.6 Å². The van der Waals surface area contributed by atoms with Crippen LogP contribution < -0.4 is 9.31 Å². The third-order valence-electron chi connectivity index (χ3n) is 2.48. The molecule has 98 valence electrons. The summed E-state index contributed by atoms with van der Waals surface area (Å²) in [6.45, 7) is 3.92. The number of aryl methyl sites for hydroxylation is 2. The van der Waals surface area contributed by atoms with E-state index in [9.17, 15) is 0 Å². The fourth-order valence-electron chi connectivity index (χ4n) is 1.74. The molecule has 0 fully saturated rings. The molecule has 5 heteroatoms. The van der Waals surface area contributed by atoms with E-state index >= 15 is 0 Å². The SMILES string of the molecule is Cc1cc(Cl)cc(OBOc2cc(C)cc(Cl)c2)c1. The largest absolute Gasteiger partial charge is 0.576 e. The van der Waals surface area contributed by atoms with Crippen LogP contribution in [0, 0.1) is 13.8 Å². The van der Waals surface area contributed by atoms with E-state index in [0.29, 0.717) is 21.5 Å². The van der Waals surface area contributed by atoms with Crippen LogP contribution in [0.1, 0.15) is 11.1 Å². The fourth-order valence-corrected chi connectivity index (χ4v) is 2.30. The number of benzene rings is 2. The lowest BCUT2D eigenvalue weighted by atomic mass is 10.2. The standard InChI is InChI=1S/C14H13BCl2O2/c1-9-3-11(16)7-13(5-9)18-15-19-14-6-10(2)4-12(17)8-14/h3-8,15H,1-2H3. The van der Waals surface area contributed by atoms with Crippen molar-refractivity contribution in [3.8, 4) is 11.5 Å². The molecule has 0 atom stereocenters. The van der Waals surface area contributed by atoms with Gasteiger partial charge in [0, 0.05) is 10.0 Å². The van der Waals surface area contributed by atoms with Crippen molar-refractivity contribution in [3.63, 3.8) is 0 Å². The van der Waals surface area contributed by atoms with Gasteiger partial charge in [0.1, 0.15) is 11.5 Å². The van der Waals surface area contributed by atoms with Crippen LogP contribution in [0.3, 0.4) is 0 Å². The second-order valence-electron chi connectivity index (χ2n) is 4.34. The fraction of sp³-hybridized carbons (Fsp3) is 0.143. The maximum atomic E-state index is 5.95. The van der Waals surface area contributed by atoms with Crippen LogP contribution in [0.25, 0.3) is 0 Å². The molecule has 0 aliphatic heterocycles. The van der Waals surface area contributed by atoms with Gasteiger partial charge in [0.15, 0.2) is 0 Å². The van der Waals surface area contributed by atoms with Crippen LogP contribution in [0.2, 0.25) is 10.0 Å². The highest BCUT2D eigenvalue weighted by Crippen LogP contribution is 2.22. The molecule has 0 spiro atoms. The first kappa shape index (κ1) is 14.1. The molecule has 0 heterocycles. The molecule has 0 radical (unpaired) electrons. The zero-order chi connectivity index (χ0) is 13.8. The van der Waals surface area contributed by atoms with E-state index in [1.807, 2.05) is 38.1 Å². The summed E-state index contributed by atoms with van der Waals surface area (Å²) in [6, 6.07) is 11.0. The van der Waals surface area contributed by atoms with Gasteiger partial charge < -0.3 is 9.31 Å². The molecule has 0 aliphatic carbocycles. The quantitative estimate of drug-likeness (QED) is 0.781. The van der Waals surface area contributed by atoms with Crippen molar-refractivity contribution in [2.75, 3.05) is 0 Å². The van der Waals surface area contributed by atoms with Crippen molar-refractivity contribution in [1.29, 1.82) is 0 Å². The topological polar surface area (TPSA) is 18.5 Å². The highest BCUT2D eigenvalue weighted by Gasteiger charge is 2.03. The van der Waals surface area contributed by atoms with Crippen molar-refractivity contribution in [2.45, 2.75) is 13.8 Å². The zero-order valence-corrected chi connectivity index (χ0v) is 12.3. The van der Waals surface area contributed by atoms with Gasteiger partial charge >= 0.3 is 7.69 Å². The summed E-state index contributed by atoms with van der Waals surface area (Å²) in [7, 11) is 0.111. The summed E-state index contributed by atoms with van der Waals surface area (Å²) in [5, 5.41) is 1.29. The van der Waals surface area contributed by atoms with Gasteiger partial charge in [0.25, 0.3) is 0 Å². The Morgan fingerprint density at radius 2 is 1.16 bits per heavy atom. The normalized spacial score (nSPS) is 10.1. The van der Waals surface area contributed by atoms with Gasteiger partial charge in [-0.15, -0.1) is 0 Å². The van der Waals surface area contributed by atoms with E-state index in [4.69, 9.17) is 32.5 Å². The van der Waals surface area contributed by atoms with Gasteiger partial charge in [-0.1, -0.05) is 23.2 Å². The van der Waals surface area contributed by atoms with Gasteiger partial charge in [0.05, 0.1) is 0 Å². The molecule has 0 saturated carbocycles. The minimum Gasteiger partial charge on any atom is -0.528 e. The summed E-state index contributed by atoms with van der Waals surface area (Å²) < 4.78 is 11.0. The number of halogens is 2. The smallest absolute Gasteiger partial charge is 0.528 e. The van der Waals surface area contributed by atoms with Gasteiger partial charge in [-0.25, -0.2) is 0 Å². The minimum atomic E-state index is 0.111. The molecule has 2 nitrogen and oxygen atoms in total. The molecular formula is C14H13BCl2O2. The average molecular weight is 295 g/mol. The Balaban J connectivity index is 1.96. The molecule has 0 saturated heterocycles. The number of rotatable bonds is 4. The molecule has 19 heavy (non-hydrogen) atoms. The molecule has 2 rings (SSSR count). The average Bonchev–Trinajstić information content (AvgIpc) is 2.26. The Hall–Kier alpha value is -1.32. The Morgan fingerprint density at radius 1 is 0.737 bits per heavy atom. The first-order valence-electron chi connectivity index (χ1n) is 5.83. The van der Waals surface area contributed by atoms with Crippen molar-refractivity contribution >= 4 is 30.9 Å². The van der Waals surface area contributed by atoms with Gasteiger partial charge in [-0.3, -0.25) is 0 Å². The van der Waals surface area contributed by atoms with Crippen LogP contribution in [-0.4, -0.2) is 7.69 Å². The lowest BCUT2D eigenvalue weighted by Crippen LogP contribution is -2.11. The van der Waals surface area contributed by atoms with E-state index < -0.39 is 0 Å². The van der Waals surface area contributed by atoms with E-state index in [1.54, 1.807) is 12.1 Å². The van der Waals surface area contributed by atoms with Crippen LogP contribution in [0.15, 0.2) is 36.4 Å². The third kappa shape index (κ3) is 4.37. The lowest BCUT2D eigenvalue weighted by molar-refractivity contribution is 0.458. The van der Waals surface area contributed by atoms with Crippen LogP contribution >= 0.6 is 23.2 Å². The predicted molar refractivity (Wildman–Crippen MR) is 80.8 cm³/mol. The van der Waals surface area contributed by atoms with Crippen LogP contribution in [-0.2, 0) is 0 Å². The van der Waals surface area contributed by atoms with Crippen LogP contribution in [0.5, 0.6) is 11.5 Å². The summed E-state index contributed by atoms with van der Waals surface area (Å²) in [5.74, 6) is 1.37. The van der Waals surface area contributed by atoms with E-state index in [1.165, 1.54) is 0 Å². The summed E-state index contributed by atoms with van der Waals surface area (Å²) in [4.78, 5) is 0. The Kier molecular flexibility index (Phi) is 4.62. The van der Waals surface area contributed by atoms with Crippen molar-refractivity contribution in [1.82, 2.24) is 0 Å². The summed E-state index contributed by atoms with van der Waals surface area (Å²) in [6.07, 6.45) is 0. The first-order valence-corrected chi connectivity index (χ1v) is 6.58. The van der Waals surface area contributed by atoms with Crippen molar-refractivity contribution < 1.29 is 9.31 Å². The Labute approximate surface area is 123 Å². The van der Waals surface area contributed by atoms with Gasteiger partial charge in [0.2, 0.25) is 0 Å². The molecule has 0 aromatic heterocycles. The molecule has 0 amide bonds. The molecule has 2 aromatic carbocycles. The zero-order valence-electron chi connectivity index (χ0n) is 10.7. The lowest BCUT2D eigenvalue weighted by Gasteiger charge is -2.09. The Morgan fingerprint density at radius 3 is 1.53 bits per heavy atom. The first-order chi connectivity index (χ1) is 9.02. The number of hydrogen-bond acceptors (Lipinski definition) is 2. The van der Waals surface area contributed by atoms with Gasteiger partial charge in [-0.05, 0) is 61.4 Å². The molecule has 0 unspecified atom stereocenters. The summed E-state index contributed by atoms with van der Waals surface area (Å²) >= 11 is 11.9. The number of hydrogen-bond donors (Lipinski definition) is 0. The maximum absolute atomic E-state index is 5.95. The van der Waals surface area contributed by atoms with E-state index in [-0.39, 0.29) is 7.69 Å². The summed E-state index contributed by atoms with van der Waals surface area (Å²) in [5.41, 5.74) is 2.09. The predicted octanol–water partition coefficient (Wildman–Crippen LogP) is 4.33. The monoisotopic (exact) mass is 294 g/mol. The minimum absolute atomic E-state index is 0.111. The van der Waals surface area contributed by atoms with E-state index in [0.717, 1.165) is 11.1 Å². The molecule has 0 N–H and O–H groups in total. The van der Waals surface area contributed by atoms with Gasteiger partial charge in [-0.2, -0.15) is 0 Å². The highest BCUT2D eigenvalue weighted by atomic mass is 35.5. The Bertz CT molecular complexity index is 496. The second-order valence-corrected chi connectivity index (χ2v) is 5.21. The maximum Gasteiger partial charge on any atom is 0.576 e.